The second-order valence-electron chi connectivity index (χ2n) is 5.45. The monoisotopic (exact) mass is 351 g/mol. The zero-order valence-electron chi connectivity index (χ0n) is 13.8. The van der Waals surface area contributed by atoms with Crippen LogP contribution in [0.4, 0.5) is 4.39 Å². The summed E-state index contributed by atoms with van der Waals surface area (Å²) in [5, 5.41) is 37.8. The summed E-state index contributed by atoms with van der Waals surface area (Å²) >= 11 is 0. The van der Waals surface area contributed by atoms with Crippen LogP contribution in [-0.4, -0.2) is 28.1 Å². The predicted molar refractivity (Wildman–Crippen MR) is 90.9 cm³/mol. The van der Waals surface area contributed by atoms with Crippen molar-refractivity contribution in [2.45, 2.75) is 6.54 Å². The molecule has 0 heterocycles. The lowest BCUT2D eigenvalue weighted by Gasteiger charge is -2.17. The number of aromatic hydroxyl groups is 1. The number of nitrogens with zero attached hydrogens (tertiary/aromatic N) is 3. The van der Waals surface area contributed by atoms with E-state index in [1.807, 2.05) is 6.07 Å². The molecule has 2 aromatic rings. The first-order valence-corrected chi connectivity index (χ1v) is 7.44. The number of nitriles is 2. The Labute approximate surface area is 149 Å². The molecule has 0 aliphatic heterocycles. The Hall–Kier alpha value is -3.84. The summed E-state index contributed by atoms with van der Waals surface area (Å²) in [5.41, 5.74) is -0.455. The van der Waals surface area contributed by atoms with E-state index in [1.54, 1.807) is 36.4 Å². The second kappa shape index (κ2) is 7.82. The Bertz CT molecular complexity index is 956. The number of aliphatic hydroxyl groups excluding tert-OH is 1. The Morgan fingerprint density at radius 2 is 1.88 bits per heavy atom. The minimum Gasteiger partial charge on any atom is -0.506 e. The number of likely N-dealkylation sites (N-methyl/N-ethyl adjacent to an activating group) is 1. The number of phenolic OH excluding ortho intramolecular Hbond substituents is 1. The molecule has 1 amide bonds. The van der Waals surface area contributed by atoms with Gasteiger partial charge in [-0.1, -0.05) is 30.3 Å². The maximum Gasteiger partial charge on any atom is 0.268 e. The molecule has 0 aromatic heterocycles. The number of aliphatic hydroxyl groups is 1. The molecule has 2 N–H and O–H groups in total. The number of carbonyl (C=O) groups excluding carboxylic acids is 1. The van der Waals surface area contributed by atoms with Gasteiger partial charge in [0.15, 0.2) is 17.1 Å². The average molecular weight is 351 g/mol. The molecule has 0 unspecified atom stereocenters. The van der Waals surface area contributed by atoms with Crippen molar-refractivity contribution in [3.05, 3.63) is 70.5 Å². The molecule has 2 aromatic carbocycles. The number of benzene rings is 2. The summed E-state index contributed by atoms with van der Waals surface area (Å²) in [5.74, 6) is -3.54. The highest BCUT2D eigenvalue weighted by Crippen LogP contribution is 2.27. The van der Waals surface area contributed by atoms with E-state index in [-0.39, 0.29) is 12.1 Å². The molecule has 130 valence electrons. The topological polar surface area (TPSA) is 108 Å². The van der Waals surface area contributed by atoms with Crippen LogP contribution in [0, 0.1) is 28.5 Å². The average Bonchev–Trinajstić information content (AvgIpc) is 2.64. The standard InChI is InChI=1S/C19H14FN3O3/c1-23(11-12-5-3-2-4-6-12)19(26)15(10-22)17(24)13-7-14(9-21)18(25)16(20)8-13/h2-8,24-25H,11H2,1H3/b17-15-. The third-order valence-corrected chi connectivity index (χ3v) is 3.63. The van der Waals surface area contributed by atoms with Crippen LogP contribution in [0.3, 0.4) is 0 Å². The molecule has 6 nitrogen and oxygen atoms in total. The molecular formula is C19H14FN3O3. The zero-order chi connectivity index (χ0) is 19.3. The van der Waals surface area contributed by atoms with Gasteiger partial charge in [0.25, 0.3) is 5.91 Å². The first-order chi connectivity index (χ1) is 12.4. The number of hydrogen-bond donors (Lipinski definition) is 2. The van der Waals surface area contributed by atoms with Gasteiger partial charge in [0.1, 0.15) is 17.9 Å². The van der Waals surface area contributed by atoms with Gasteiger partial charge < -0.3 is 15.1 Å². The minimum atomic E-state index is -1.15. The summed E-state index contributed by atoms with van der Waals surface area (Å²) in [6, 6.07) is 13.9. The fourth-order valence-electron chi connectivity index (χ4n) is 2.29. The van der Waals surface area contributed by atoms with Gasteiger partial charge in [0.05, 0.1) is 5.56 Å². The third-order valence-electron chi connectivity index (χ3n) is 3.63. The van der Waals surface area contributed by atoms with Crippen LogP contribution in [0.25, 0.3) is 5.76 Å². The Kier molecular flexibility index (Phi) is 5.56. The molecular weight excluding hydrogens is 337 g/mol. The number of phenols is 1. The molecule has 0 aliphatic carbocycles. The molecule has 26 heavy (non-hydrogen) atoms. The molecule has 0 saturated heterocycles. The van der Waals surface area contributed by atoms with Crippen molar-refractivity contribution in [3.63, 3.8) is 0 Å². The Morgan fingerprint density at radius 3 is 2.46 bits per heavy atom. The van der Waals surface area contributed by atoms with E-state index in [0.717, 1.165) is 17.7 Å². The fraction of sp³-hybridized carbons (Fsp3) is 0.105. The molecule has 2 rings (SSSR count). The maximum atomic E-state index is 13.7. The Balaban J connectivity index is 2.39. The zero-order valence-corrected chi connectivity index (χ0v) is 13.8. The van der Waals surface area contributed by atoms with Crippen LogP contribution in [0.5, 0.6) is 5.75 Å². The molecule has 7 heteroatoms. The minimum absolute atomic E-state index is 0.200. The largest absolute Gasteiger partial charge is 0.506 e. The van der Waals surface area contributed by atoms with Crippen molar-refractivity contribution < 1.29 is 19.4 Å². The van der Waals surface area contributed by atoms with E-state index in [9.17, 15) is 24.7 Å². The molecule has 0 bridgehead atoms. The highest BCUT2D eigenvalue weighted by Gasteiger charge is 2.22. The summed E-state index contributed by atoms with van der Waals surface area (Å²) in [6.07, 6.45) is 0. The van der Waals surface area contributed by atoms with Crippen molar-refractivity contribution in [2.24, 2.45) is 0 Å². The highest BCUT2D eigenvalue weighted by atomic mass is 19.1. The molecule has 0 atom stereocenters. The first-order valence-electron chi connectivity index (χ1n) is 7.44. The van der Waals surface area contributed by atoms with E-state index in [2.05, 4.69) is 0 Å². The van der Waals surface area contributed by atoms with E-state index >= 15 is 0 Å². The van der Waals surface area contributed by atoms with E-state index in [4.69, 9.17) is 5.26 Å². The van der Waals surface area contributed by atoms with Crippen LogP contribution in [0.1, 0.15) is 16.7 Å². The van der Waals surface area contributed by atoms with Crippen molar-refractivity contribution in [2.75, 3.05) is 7.05 Å². The fourth-order valence-corrected chi connectivity index (χ4v) is 2.29. The predicted octanol–water partition coefficient (Wildman–Crippen LogP) is 2.85. The van der Waals surface area contributed by atoms with Gasteiger partial charge in [-0.3, -0.25) is 4.79 Å². The SMILES string of the molecule is CN(Cc1ccccc1)C(=O)/C(C#N)=C(\O)c1cc(F)c(O)c(C#N)c1. The van der Waals surface area contributed by atoms with Gasteiger partial charge in [-0.2, -0.15) is 10.5 Å². The summed E-state index contributed by atoms with van der Waals surface area (Å²) in [6.45, 7) is 0.200. The number of rotatable bonds is 4. The van der Waals surface area contributed by atoms with Crippen LogP contribution >= 0.6 is 0 Å². The van der Waals surface area contributed by atoms with Gasteiger partial charge in [-0.25, -0.2) is 4.39 Å². The first kappa shape index (κ1) is 18.5. The van der Waals surface area contributed by atoms with E-state index < -0.39 is 34.4 Å². The lowest BCUT2D eigenvalue weighted by molar-refractivity contribution is -0.126. The lowest BCUT2D eigenvalue weighted by atomic mass is 10.0. The normalized spacial score (nSPS) is 11.1. The van der Waals surface area contributed by atoms with Gasteiger partial charge >= 0.3 is 0 Å². The second-order valence-corrected chi connectivity index (χ2v) is 5.45. The number of carbonyl (C=O) groups is 1. The third kappa shape index (κ3) is 3.80. The van der Waals surface area contributed by atoms with E-state index in [0.29, 0.717) is 0 Å². The van der Waals surface area contributed by atoms with Crippen LogP contribution in [0.15, 0.2) is 48.0 Å². The van der Waals surface area contributed by atoms with Crippen molar-refractivity contribution >= 4 is 11.7 Å². The highest BCUT2D eigenvalue weighted by molar-refractivity contribution is 6.03. The number of amides is 1. The molecule has 0 aliphatic rings. The molecule has 0 fully saturated rings. The quantitative estimate of drug-likeness (QED) is 0.500. The van der Waals surface area contributed by atoms with Crippen molar-refractivity contribution in [3.8, 4) is 17.9 Å². The molecule has 0 spiro atoms. The smallest absolute Gasteiger partial charge is 0.268 e. The number of hydrogen-bond acceptors (Lipinski definition) is 5. The van der Waals surface area contributed by atoms with Gasteiger partial charge in [-0.15, -0.1) is 0 Å². The van der Waals surface area contributed by atoms with E-state index in [1.165, 1.54) is 11.9 Å². The molecule has 0 saturated carbocycles. The summed E-state index contributed by atoms with van der Waals surface area (Å²) in [4.78, 5) is 13.7. The van der Waals surface area contributed by atoms with Crippen LogP contribution in [-0.2, 0) is 11.3 Å². The van der Waals surface area contributed by atoms with Gasteiger partial charge in [0, 0.05) is 19.2 Å². The number of halogens is 1. The summed E-state index contributed by atoms with van der Waals surface area (Å²) in [7, 11) is 1.46. The van der Waals surface area contributed by atoms with Crippen LogP contribution in [0.2, 0.25) is 0 Å². The van der Waals surface area contributed by atoms with Gasteiger partial charge in [0.2, 0.25) is 0 Å². The summed E-state index contributed by atoms with van der Waals surface area (Å²) < 4.78 is 13.7. The van der Waals surface area contributed by atoms with Crippen molar-refractivity contribution in [1.82, 2.24) is 4.90 Å². The maximum absolute atomic E-state index is 13.7. The van der Waals surface area contributed by atoms with Crippen LogP contribution < -0.4 is 0 Å². The van der Waals surface area contributed by atoms with Gasteiger partial charge in [-0.05, 0) is 17.7 Å². The lowest BCUT2D eigenvalue weighted by Crippen LogP contribution is -2.28. The molecule has 0 radical (unpaired) electrons. The van der Waals surface area contributed by atoms with Crippen molar-refractivity contribution in [1.29, 1.82) is 10.5 Å². The Morgan fingerprint density at radius 1 is 1.23 bits per heavy atom.